The highest BCUT2D eigenvalue weighted by Crippen LogP contribution is 2.41. The van der Waals surface area contributed by atoms with Gasteiger partial charge in [0.25, 0.3) is 0 Å². The molecule has 0 spiro atoms. The largest absolute Gasteiger partial charge is 0.469 e. The lowest BCUT2D eigenvalue weighted by molar-refractivity contribution is -0.144. The molecule has 5 aromatic carbocycles. The van der Waals surface area contributed by atoms with Gasteiger partial charge in [0, 0.05) is 15.7 Å². The van der Waals surface area contributed by atoms with E-state index in [1.807, 2.05) is 84.9 Å². The number of aliphatic hydroxyl groups excluding tert-OH is 1. The molecule has 0 heterocycles. The fraction of sp³-hybridized carbons (Fsp3) is 0.100. The lowest BCUT2D eigenvalue weighted by Gasteiger charge is -2.20. The van der Waals surface area contributed by atoms with Crippen molar-refractivity contribution in [2.45, 2.75) is 12.1 Å². The molecule has 0 fully saturated rings. The summed E-state index contributed by atoms with van der Waals surface area (Å²) in [5, 5.41) is 18.2. The Morgan fingerprint density at radius 3 is 1.89 bits per heavy atom. The van der Waals surface area contributed by atoms with Gasteiger partial charge in [-0.05, 0) is 46.1 Å². The van der Waals surface area contributed by atoms with E-state index in [0.29, 0.717) is 23.0 Å². The number of hydrogen-bond acceptors (Lipinski definition) is 6. The maximum absolute atomic E-state index is 12.2. The molecule has 8 heteroatoms. The van der Waals surface area contributed by atoms with Crippen molar-refractivity contribution in [3.8, 4) is 23.0 Å². The molecule has 0 saturated carbocycles. The zero-order valence-corrected chi connectivity index (χ0v) is 20.4. The van der Waals surface area contributed by atoms with E-state index in [0.717, 1.165) is 28.7 Å². The second-order valence-electron chi connectivity index (χ2n) is 8.48. The van der Waals surface area contributed by atoms with Crippen LogP contribution in [0.4, 0.5) is 0 Å². The minimum atomic E-state index is -1.47. The Balaban J connectivity index is 1.60. The Labute approximate surface area is 218 Å². The SMILES string of the molecule is COC(=O)C(N=[N+]=[N-])C(O)c1ccc(Oc2cccc3ccccc23)c(Oc2cccc3ccccc23)c1. The van der Waals surface area contributed by atoms with E-state index in [1.165, 1.54) is 0 Å². The van der Waals surface area contributed by atoms with Crippen molar-refractivity contribution in [1.29, 1.82) is 0 Å². The number of methoxy groups -OCH3 is 1. The van der Waals surface area contributed by atoms with Crippen LogP contribution in [0, 0.1) is 0 Å². The van der Waals surface area contributed by atoms with Gasteiger partial charge in [-0.2, -0.15) is 0 Å². The van der Waals surface area contributed by atoms with Crippen molar-refractivity contribution in [1.82, 2.24) is 0 Å². The molecule has 5 rings (SSSR count). The molecule has 0 saturated heterocycles. The molecule has 0 amide bonds. The lowest BCUT2D eigenvalue weighted by Crippen LogP contribution is -2.27. The van der Waals surface area contributed by atoms with E-state index in [-0.39, 0.29) is 5.56 Å². The molecule has 0 aliphatic rings. The van der Waals surface area contributed by atoms with E-state index >= 15 is 0 Å². The fourth-order valence-electron chi connectivity index (χ4n) is 4.28. The van der Waals surface area contributed by atoms with Gasteiger partial charge in [-0.15, -0.1) is 0 Å². The van der Waals surface area contributed by atoms with Gasteiger partial charge in [-0.3, -0.25) is 4.79 Å². The zero-order chi connectivity index (χ0) is 26.5. The molecule has 0 aliphatic heterocycles. The van der Waals surface area contributed by atoms with Crippen molar-refractivity contribution < 1.29 is 24.1 Å². The third kappa shape index (κ3) is 4.95. The molecule has 0 radical (unpaired) electrons. The topological polar surface area (TPSA) is 114 Å². The number of esters is 1. The average Bonchev–Trinajstić information content (AvgIpc) is 2.96. The first-order chi connectivity index (χ1) is 18.6. The number of ether oxygens (including phenoxy) is 3. The predicted octanol–water partition coefficient (Wildman–Crippen LogP) is 7.46. The summed E-state index contributed by atoms with van der Waals surface area (Å²) < 4.78 is 17.4. The van der Waals surface area contributed by atoms with Crippen molar-refractivity contribution in [3.63, 3.8) is 0 Å². The van der Waals surface area contributed by atoms with Crippen molar-refractivity contribution in [2.24, 2.45) is 5.11 Å². The van der Waals surface area contributed by atoms with E-state index in [4.69, 9.17) is 19.7 Å². The number of aliphatic hydroxyl groups is 1. The number of carbonyl (C=O) groups is 1. The highest BCUT2D eigenvalue weighted by molar-refractivity contribution is 5.89. The highest BCUT2D eigenvalue weighted by atomic mass is 16.5. The third-order valence-corrected chi connectivity index (χ3v) is 6.17. The van der Waals surface area contributed by atoms with E-state index in [1.54, 1.807) is 18.2 Å². The minimum Gasteiger partial charge on any atom is -0.469 e. The third-order valence-electron chi connectivity index (χ3n) is 6.17. The van der Waals surface area contributed by atoms with Gasteiger partial charge >= 0.3 is 5.97 Å². The maximum Gasteiger partial charge on any atom is 0.317 e. The van der Waals surface area contributed by atoms with Crippen LogP contribution >= 0.6 is 0 Å². The number of nitrogens with zero attached hydrogens (tertiary/aromatic N) is 3. The van der Waals surface area contributed by atoms with Crippen LogP contribution in [0.2, 0.25) is 0 Å². The first-order valence-corrected chi connectivity index (χ1v) is 11.8. The van der Waals surface area contributed by atoms with Crippen LogP contribution in [0.25, 0.3) is 32.0 Å². The molecule has 1 N–H and O–H groups in total. The molecule has 2 atom stereocenters. The van der Waals surface area contributed by atoms with E-state index in [2.05, 4.69) is 10.0 Å². The van der Waals surface area contributed by atoms with Gasteiger partial charge < -0.3 is 19.3 Å². The van der Waals surface area contributed by atoms with Crippen LogP contribution in [0.15, 0.2) is 108 Å². The summed E-state index contributed by atoms with van der Waals surface area (Å²) >= 11 is 0. The second-order valence-corrected chi connectivity index (χ2v) is 8.48. The van der Waals surface area contributed by atoms with Crippen LogP contribution in [0.5, 0.6) is 23.0 Å². The van der Waals surface area contributed by atoms with Crippen LogP contribution in [0.3, 0.4) is 0 Å². The van der Waals surface area contributed by atoms with Crippen LogP contribution < -0.4 is 9.47 Å². The normalized spacial score (nSPS) is 12.4. The Bertz CT molecular complexity index is 1670. The summed E-state index contributed by atoms with van der Waals surface area (Å²) in [6, 6.07) is 30.4. The summed E-state index contributed by atoms with van der Waals surface area (Å²) in [4.78, 5) is 14.9. The van der Waals surface area contributed by atoms with Gasteiger partial charge in [0.05, 0.1) is 13.2 Å². The lowest BCUT2D eigenvalue weighted by atomic mass is 10.0. The Hall–Kier alpha value is -5.04. The molecule has 38 heavy (non-hydrogen) atoms. The van der Waals surface area contributed by atoms with Crippen molar-refractivity contribution in [3.05, 3.63) is 119 Å². The van der Waals surface area contributed by atoms with Crippen LogP contribution in [-0.4, -0.2) is 24.2 Å². The van der Waals surface area contributed by atoms with Gasteiger partial charge in [-0.1, -0.05) is 84.0 Å². The first kappa shape index (κ1) is 24.6. The summed E-state index contributed by atoms with van der Waals surface area (Å²) in [6.07, 6.45) is -1.47. The Kier molecular flexibility index (Phi) is 7.08. The fourth-order valence-corrected chi connectivity index (χ4v) is 4.28. The molecule has 5 aromatic rings. The molecule has 0 aliphatic carbocycles. The van der Waals surface area contributed by atoms with Crippen LogP contribution in [0.1, 0.15) is 11.7 Å². The van der Waals surface area contributed by atoms with Crippen molar-refractivity contribution >= 4 is 27.5 Å². The molecule has 0 aromatic heterocycles. The molecular weight excluding hydrogens is 482 g/mol. The van der Waals surface area contributed by atoms with Crippen molar-refractivity contribution in [2.75, 3.05) is 7.11 Å². The predicted molar refractivity (Wildman–Crippen MR) is 144 cm³/mol. The van der Waals surface area contributed by atoms with Gasteiger partial charge in [0.1, 0.15) is 11.5 Å². The molecular formula is C30H23N3O5. The summed E-state index contributed by atoms with van der Waals surface area (Å²) in [5.41, 5.74) is 9.20. The average molecular weight is 506 g/mol. The maximum atomic E-state index is 12.2. The number of benzene rings is 5. The van der Waals surface area contributed by atoms with Gasteiger partial charge in [-0.25, -0.2) is 0 Å². The Morgan fingerprint density at radius 1 is 0.763 bits per heavy atom. The smallest absolute Gasteiger partial charge is 0.317 e. The minimum absolute atomic E-state index is 0.285. The molecule has 8 nitrogen and oxygen atoms in total. The molecule has 188 valence electrons. The quantitative estimate of drug-likeness (QED) is 0.102. The number of hydrogen-bond donors (Lipinski definition) is 1. The standard InChI is InChI=1S/C30H23N3O5/c1-36-30(35)28(32-33-31)29(34)21-16-17-26(37-24-14-6-10-19-8-2-4-12-22(19)24)27(18-21)38-25-15-7-11-20-9-3-5-13-23(20)25/h2-18,28-29,34H,1H3. The zero-order valence-electron chi connectivity index (χ0n) is 20.4. The highest BCUT2D eigenvalue weighted by Gasteiger charge is 2.29. The number of carbonyl (C=O) groups excluding carboxylic acids is 1. The van der Waals surface area contributed by atoms with E-state index < -0.39 is 18.1 Å². The first-order valence-electron chi connectivity index (χ1n) is 11.8. The van der Waals surface area contributed by atoms with Gasteiger partial charge in [0.2, 0.25) is 0 Å². The number of rotatable bonds is 8. The summed E-state index contributed by atoms with van der Waals surface area (Å²) in [7, 11) is 1.16. The monoisotopic (exact) mass is 505 g/mol. The second kappa shape index (κ2) is 10.9. The summed E-state index contributed by atoms with van der Waals surface area (Å²) in [5.74, 6) is 1.04. The van der Waals surface area contributed by atoms with Crippen LogP contribution in [-0.2, 0) is 9.53 Å². The number of fused-ring (bicyclic) bond motifs is 2. The Morgan fingerprint density at radius 2 is 1.32 bits per heavy atom. The van der Waals surface area contributed by atoms with Gasteiger partial charge in [0.15, 0.2) is 17.5 Å². The molecule has 0 bridgehead atoms. The summed E-state index contributed by atoms with van der Waals surface area (Å²) in [6.45, 7) is 0. The van der Waals surface area contributed by atoms with E-state index in [9.17, 15) is 9.90 Å². The number of azide groups is 1. The molecule has 2 unspecified atom stereocenters.